The van der Waals surface area contributed by atoms with Crippen molar-refractivity contribution in [2.45, 2.75) is 38.1 Å². The van der Waals surface area contributed by atoms with Crippen LogP contribution in [-0.2, 0) is 0 Å². The Morgan fingerprint density at radius 3 is 2.06 bits per heavy atom. The lowest BCUT2D eigenvalue weighted by Gasteiger charge is -2.71. The molecule has 0 amide bonds. The molecule has 0 aliphatic heterocycles. The molecule has 9 atom stereocenters. The van der Waals surface area contributed by atoms with Crippen LogP contribution in [0.1, 0.15) is 32.1 Å². The maximum Gasteiger partial charge on any atom is 0.0436 e. The van der Waals surface area contributed by atoms with Crippen molar-refractivity contribution in [3.63, 3.8) is 0 Å². The van der Waals surface area contributed by atoms with Gasteiger partial charge in [0, 0.05) is 11.0 Å². The Hall–Kier alpha value is -0.690. The molecule has 0 radical (unpaired) electrons. The summed E-state index contributed by atoms with van der Waals surface area (Å²) in [5, 5.41) is 4.23. The van der Waals surface area contributed by atoms with Crippen molar-refractivity contribution < 1.29 is 0 Å². The van der Waals surface area contributed by atoms with Crippen molar-refractivity contribution in [2.75, 3.05) is 0 Å². The maximum atomic E-state index is 8.83. The van der Waals surface area contributed by atoms with Crippen LogP contribution in [0.2, 0.25) is 0 Å². The van der Waals surface area contributed by atoms with Crippen LogP contribution in [0.3, 0.4) is 0 Å². The summed E-state index contributed by atoms with van der Waals surface area (Å²) in [4.78, 5) is 3.16. The summed E-state index contributed by atoms with van der Waals surface area (Å²) in [6.45, 7) is 0. The molecular weight excluding hydrogens is 210 g/mol. The van der Waals surface area contributed by atoms with Crippen LogP contribution < -0.4 is 0 Å². The fourth-order valence-electron chi connectivity index (χ4n) is 7.12. The van der Waals surface area contributed by atoms with Gasteiger partial charge in [-0.3, -0.25) is 0 Å². The van der Waals surface area contributed by atoms with E-state index in [9.17, 15) is 0 Å². The first-order valence-electron chi connectivity index (χ1n) is 7.41. The second-order valence-electron chi connectivity index (χ2n) is 7.40. The third-order valence-electron chi connectivity index (χ3n) is 7.22. The molecule has 8 bridgehead atoms. The van der Waals surface area contributed by atoms with E-state index in [1.165, 1.54) is 25.7 Å². The molecule has 0 aromatic heterocycles. The number of rotatable bonds is 1. The minimum Gasteiger partial charge on any atom is -0.0900 e. The highest BCUT2D eigenvalue weighted by Crippen LogP contribution is 2.71. The van der Waals surface area contributed by atoms with Gasteiger partial charge in [-0.2, -0.15) is 0 Å². The number of azide groups is 1. The quantitative estimate of drug-likeness (QED) is 0.374. The molecule has 7 rings (SSSR count). The monoisotopic (exact) mass is 229 g/mol. The number of hydrogen-bond acceptors (Lipinski definition) is 1. The predicted molar refractivity (Wildman–Crippen MR) is 63.9 cm³/mol. The minimum atomic E-state index is 0.377. The molecule has 90 valence electrons. The van der Waals surface area contributed by atoms with Crippen molar-refractivity contribution in [3.8, 4) is 0 Å². The first kappa shape index (κ1) is 9.27. The average Bonchev–Trinajstić information content (AvgIpc) is 2.36. The van der Waals surface area contributed by atoms with Crippen LogP contribution >= 0.6 is 0 Å². The topological polar surface area (TPSA) is 48.8 Å². The molecule has 7 aliphatic rings. The zero-order chi connectivity index (χ0) is 11.1. The molecule has 7 fully saturated rings. The standard InChI is InChI=1S/C14H19N3/c15-17-16-14-7-4-9-8-1-6-2-11(9)13(14)12(3-6)10(8)5-7/h6-14H,1-5H2/t6?,7?,8?,9-,10?,11?,12?,13?,14?/m0/s1. The Morgan fingerprint density at radius 2 is 1.41 bits per heavy atom. The molecular formula is C14H19N3. The van der Waals surface area contributed by atoms with E-state index in [1.54, 1.807) is 6.42 Å². The van der Waals surface area contributed by atoms with Gasteiger partial charge in [0.05, 0.1) is 0 Å². The van der Waals surface area contributed by atoms with Gasteiger partial charge in [0.2, 0.25) is 0 Å². The molecule has 17 heavy (non-hydrogen) atoms. The maximum absolute atomic E-state index is 8.83. The first-order chi connectivity index (χ1) is 8.36. The smallest absolute Gasteiger partial charge is 0.0436 e. The number of hydrogen-bond donors (Lipinski definition) is 0. The third-order valence-corrected chi connectivity index (χ3v) is 7.22. The zero-order valence-electron chi connectivity index (χ0n) is 10.1. The summed E-state index contributed by atoms with van der Waals surface area (Å²) >= 11 is 0. The van der Waals surface area contributed by atoms with E-state index in [1.807, 2.05) is 0 Å². The summed E-state index contributed by atoms with van der Waals surface area (Å²) in [6, 6.07) is 0.377. The fraction of sp³-hybridized carbons (Fsp3) is 1.00. The minimum absolute atomic E-state index is 0.377. The second kappa shape index (κ2) is 2.83. The fourth-order valence-corrected chi connectivity index (χ4v) is 7.12. The molecule has 3 heteroatoms. The van der Waals surface area contributed by atoms with Gasteiger partial charge in [-0.25, -0.2) is 0 Å². The van der Waals surface area contributed by atoms with Crippen molar-refractivity contribution in [1.82, 2.24) is 0 Å². The third kappa shape index (κ3) is 0.920. The van der Waals surface area contributed by atoms with Crippen LogP contribution in [0, 0.1) is 47.3 Å². The van der Waals surface area contributed by atoms with E-state index in [0.29, 0.717) is 6.04 Å². The highest BCUT2D eigenvalue weighted by atomic mass is 15.2. The summed E-state index contributed by atoms with van der Waals surface area (Å²) in [6.07, 6.45) is 7.28. The predicted octanol–water partition coefficient (Wildman–Crippen LogP) is 3.61. The molecule has 0 spiro atoms. The summed E-state index contributed by atoms with van der Waals surface area (Å²) < 4.78 is 0. The summed E-state index contributed by atoms with van der Waals surface area (Å²) in [5.41, 5.74) is 8.83. The first-order valence-corrected chi connectivity index (χ1v) is 7.41. The van der Waals surface area contributed by atoms with Gasteiger partial charge in [-0.05, 0) is 85.0 Å². The molecule has 7 aliphatic carbocycles. The van der Waals surface area contributed by atoms with E-state index >= 15 is 0 Å². The van der Waals surface area contributed by atoms with E-state index < -0.39 is 0 Å². The average molecular weight is 229 g/mol. The Kier molecular flexibility index (Phi) is 1.54. The molecule has 0 N–H and O–H groups in total. The van der Waals surface area contributed by atoms with Gasteiger partial charge in [0.15, 0.2) is 0 Å². The van der Waals surface area contributed by atoms with Gasteiger partial charge >= 0.3 is 0 Å². The van der Waals surface area contributed by atoms with Crippen molar-refractivity contribution in [1.29, 1.82) is 0 Å². The molecule has 8 unspecified atom stereocenters. The van der Waals surface area contributed by atoms with Gasteiger partial charge in [-0.1, -0.05) is 5.11 Å². The Labute approximate surface area is 102 Å². The molecule has 7 saturated carbocycles. The SMILES string of the molecule is [N-]=[N+]=NC1C2CC3C4CC5CC3[C@H](C2)C(C5)C41. The van der Waals surface area contributed by atoms with Gasteiger partial charge in [0.1, 0.15) is 0 Å². The van der Waals surface area contributed by atoms with Crippen LogP contribution in [0.15, 0.2) is 5.11 Å². The van der Waals surface area contributed by atoms with Gasteiger partial charge in [-0.15, -0.1) is 0 Å². The lowest BCUT2D eigenvalue weighted by molar-refractivity contribution is -0.210. The normalized spacial score (nSPS) is 65.1. The van der Waals surface area contributed by atoms with E-state index in [4.69, 9.17) is 5.53 Å². The van der Waals surface area contributed by atoms with Crippen LogP contribution in [0.4, 0.5) is 0 Å². The largest absolute Gasteiger partial charge is 0.0900 e. The second-order valence-corrected chi connectivity index (χ2v) is 7.40. The van der Waals surface area contributed by atoms with Crippen LogP contribution in [0.25, 0.3) is 10.4 Å². The molecule has 0 aromatic rings. The van der Waals surface area contributed by atoms with E-state index in [2.05, 4.69) is 10.0 Å². The van der Waals surface area contributed by atoms with Crippen LogP contribution in [-0.4, -0.2) is 6.04 Å². The Balaban J connectivity index is 1.65. The number of nitrogens with zero attached hydrogens (tertiary/aromatic N) is 3. The Bertz CT molecular complexity index is 403. The van der Waals surface area contributed by atoms with Crippen molar-refractivity contribution in [2.24, 2.45) is 52.5 Å². The van der Waals surface area contributed by atoms with E-state index in [-0.39, 0.29) is 0 Å². The zero-order valence-corrected chi connectivity index (χ0v) is 10.1. The van der Waals surface area contributed by atoms with Crippen molar-refractivity contribution in [3.05, 3.63) is 10.4 Å². The molecule has 3 nitrogen and oxygen atoms in total. The Morgan fingerprint density at radius 1 is 0.824 bits per heavy atom. The summed E-state index contributed by atoms with van der Waals surface area (Å²) in [5.74, 6) is 7.62. The lowest BCUT2D eigenvalue weighted by atomic mass is 9.35. The van der Waals surface area contributed by atoms with Gasteiger partial charge in [0.25, 0.3) is 0 Å². The molecule has 0 heterocycles. The van der Waals surface area contributed by atoms with E-state index in [0.717, 1.165) is 47.3 Å². The highest BCUT2D eigenvalue weighted by Gasteiger charge is 2.66. The van der Waals surface area contributed by atoms with Crippen LogP contribution in [0.5, 0.6) is 0 Å². The molecule has 0 saturated heterocycles. The lowest BCUT2D eigenvalue weighted by Crippen LogP contribution is -2.66. The summed E-state index contributed by atoms with van der Waals surface area (Å²) in [7, 11) is 0. The highest BCUT2D eigenvalue weighted by molar-refractivity contribution is 5.16. The van der Waals surface area contributed by atoms with Crippen molar-refractivity contribution >= 4 is 0 Å². The van der Waals surface area contributed by atoms with Gasteiger partial charge < -0.3 is 0 Å². The molecule has 0 aromatic carbocycles.